The Bertz CT molecular complexity index is 1050. The molecule has 1 aliphatic heterocycles. The Kier molecular flexibility index (Phi) is 17.0. The molecular weight excluding hydrogens is 617 g/mol. The van der Waals surface area contributed by atoms with Gasteiger partial charge in [-0.15, -0.1) is 37.2 Å². The minimum atomic E-state index is -0.199. The first-order valence-electron chi connectivity index (χ1n) is 11.4. The van der Waals surface area contributed by atoms with E-state index in [2.05, 4.69) is 9.80 Å². The minimum Gasteiger partial charge on any atom is -0.483 e. The molecule has 0 saturated carbocycles. The SMILES string of the molecule is CN(C)C(=O)COc1cc(Cl)ccc1C(=O)N(C)CCN1CCN(Cc2ccc(Cl)c(Cl)c2)CC1.Cl.Cl.Cl. The van der Waals surface area contributed by atoms with E-state index >= 15 is 0 Å². The molecule has 7 nitrogen and oxygen atoms in total. The summed E-state index contributed by atoms with van der Waals surface area (Å²) in [6.07, 6.45) is 0. The van der Waals surface area contributed by atoms with Crippen LogP contribution in [-0.2, 0) is 11.3 Å². The van der Waals surface area contributed by atoms with Gasteiger partial charge in [0.15, 0.2) is 6.61 Å². The predicted octanol–water partition coefficient (Wildman–Crippen LogP) is 5.27. The van der Waals surface area contributed by atoms with E-state index in [0.717, 1.165) is 44.8 Å². The molecule has 0 spiro atoms. The van der Waals surface area contributed by atoms with Gasteiger partial charge in [-0.2, -0.15) is 0 Å². The second kappa shape index (κ2) is 17.5. The Morgan fingerprint density at radius 3 is 2.11 bits per heavy atom. The maximum absolute atomic E-state index is 13.1. The first-order chi connectivity index (χ1) is 16.6. The van der Waals surface area contributed by atoms with E-state index in [0.29, 0.717) is 32.9 Å². The summed E-state index contributed by atoms with van der Waals surface area (Å²) in [7, 11) is 5.07. The molecule has 0 aromatic heterocycles. The van der Waals surface area contributed by atoms with Gasteiger partial charge < -0.3 is 14.5 Å². The van der Waals surface area contributed by atoms with Gasteiger partial charge >= 0.3 is 0 Å². The standard InChI is InChI=1S/C25H31Cl3N4O3.3ClH/c1-29(2)24(33)17-35-23-15-19(26)5-6-20(23)25(34)30(3)8-9-31-10-12-32(13-11-31)16-18-4-7-21(27)22(28)14-18;;;/h4-7,14-15H,8-13,16-17H2,1-3H3;3*1H. The molecule has 0 radical (unpaired) electrons. The lowest BCUT2D eigenvalue weighted by molar-refractivity contribution is -0.130. The van der Waals surface area contributed by atoms with E-state index < -0.39 is 0 Å². The average molecular weight is 651 g/mol. The summed E-state index contributed by atoms with van der Waals surface area (Å²) >= 11 is 18.2. The molecule has 1 saturated heterocycles. The van der Waals surface area contributed by atoms with Crippen LogP contribution in [0, 0.1) is 0 Å². The number of carbonyl (C=O) groups excluding carboxylic acids is 2. The largest absolute Gasteiger partial charge is 0.483 e. The topological polar surface area (TPSA) is 56.3 Å². The molecule has 0 bridgehead atoms. The van der Waals surface area contributed by atoms with Gasteiger partial charge in [-0.05, 0) is 35.9 Å². The number of hydrogen-bond donors (Lipinski definition) is 0. The maximum atomic E-state index is 13.1. The van der Waals surface area contributed by atoms with Crippen LogP contribution in [-0.4, -0.2) is 98.4 Å². The van der Waals surface area contributed by atoms with Gasteiger partial charge in [0.05, 0.1) is 15.6 Å². The lowest BCUT2D eigenvalue weighted by atomic mass is 10.1. The number of halogens is 6. The molecule has 1 heterocycles. The Labute approximate surface area is 258 Å². The Morgan fingerprint density at radius 2 is 1.50 bits per heavy atom. The monoisotopic (exact) mass is 648 g/mol. The zero-order valence-electron chi connectivity index (χ0n) is 21.5. The van der Waals surface area contributed by atoms with E-state index in [1.54, 1.807) is 44.2 Å². The summed E-state index contributed by atoms with van der Waals surface area (Å²) in [6, 6.07) is 10.6. The lowest BCUT2D eigenvalue weighted by Gasteiger charge is -2.35. The maximum Gasteiger partial charge on any atom is 0.259 e. The van der Waals surface area contributed by atoms with Crippen molar-refractivity contribution in [2.24, 2.45) is 0 Å². The number of benzene rings is 2. The fourth-order valence-electron chi connectivity index (χ4n) is 3.73. The van der Waals surface area contributed by atoms with Gasteiger partial charge in [-0.1, -0.05) is 40.9 Å². The number of piperazine rings is 1. The van der Waals surface area contributed by atoms with Crippen LogP contribution in [0.15, 0.2) is 36.4 Å². The fraction of sp³-hybridized carbons (Fsp3) is 0.440. The third kappa shape index (κ3) is 10.8. The normalized spacial score (nSPS) is 13.4. The second-order valence-electron chi connectivity index (χ2n) is 8.81. The van der Waals surface area contributed by atoms with Crippen LogP contribution in [0.3, 0.4) is 0 Å². The van der Waals surface area contributed by atoms with Crippen molar-refractivity contribution in [3.05, 3.63) is 62.6 Å². The number of carbonyl (C=O) groups is 2. The van der Waals surface area contributed by atoms with E-state index in [1.807, 2.05) is 18.2 Å². The van der Waals surface area contributed by atoms with Crippen molar-refractivity contribution in [3.8, 4) is 5.75 Å². The van der Waals surface area contributed by atoms with Crippen molar-refractivity contribution < 1.29 is 14.3 Å². The third-order valence-electron chi connectivity index (χ3n) is 5.98. The summed E-state index contributed by atoms with van der Waals surface area (Å²) in [5.41, 5.74) is 1.53. The summed E-state index contributed by atoms with van der Waals surface area (Å²) in [5, 5.41) is 1.59. The van der Waals surface area contributed by atoms with E-state index in [-0.39, 0.29) is 55.6 Å². The third-order valence-corrected chi connectivity index (χ3v) is 6.95. The summed E-state index contributed by atoms with van der Waals surface area (Å²) in [4.78, 5) is 32.8. The van der Waals surface area contributed by atoms with Crippen LogP contribution in [0.5, 0.6) is 5.75 Å². The fourth-order valence-corrected chi connectivity index (χ4v) is 4.21. The molecule has 2 aromatic rings. The number of rotatable bonds is 9. The van der Waals surface area contributed by atoms with Crippen LogP contribution in [0.4, 0.5) is 0 Å². The summed E-state index contributed by atoms with van der Waals surface area (Å²) in [6.45, 7) is 5.73. The Balaban J connectivity index is 0.00000456. The van der Waals surface area contributed by atoms with Crippen molar-refractivity contribution in [3.63, 3.8) is 0 Å². The first kappa shape index (κ1) is 36.8. The number of amides is 2. The van der Waals surface area contributed by atoms with Gasteiger partial charge in [-0.25, -0.2) is 0 Å². The number of likely N-dealkylation sites (N-methyl/N-ethyl adjacent to an activating group) is 2. The molecule has 1 aliphatic rings. The summed E-state index contributed by atoms with van der Waals surface area (Å²) in [5.74, 6) is -0.0669. The molecule has 214 valence electrons. The van der Waals surface area contributed by atoms with Gasteiger partial charge in [0, 0.05) is 72.0 Å². The zero-order chi connectivity index (χ0) is 25.5. The van der Waals surface area contributed by atoms with Crippen LogP contribution in [0.25, 0.3) is 0 Å². The number of nitrogens with zero attached hydrogens (tertiary/aromatic N) is 4. The highest BCUT2D eigenvalue weighted by atomic mass is 35.5. The molecule has 0 unspecified atom stereocenters. The zero-order valence-corrected chi connectivity index (χ0v) is 26.2. The Morgan fingerprint density at radius 1 is 0.868 bits per heavy atom. The van der Waals surface area contributed by atoms with Crippen molar-refractivity contribution in [2.75, 3.05) is 67.0 Å². The molecular formula is C25H34Cl6N4O3. The lowest BCUT2D eigenvalue weighted by Crippen LogP contribution is -2.48. The number of ether oxygens (including phenoxy) is 1. The van der Waals surface area contributed by atoms with Gasteiger partial charge in [-0.3, -0.25) is 19.4 Å². The van der Waals surface area contributed by atoms with Crippen molar-refractivity contribution >= 4 is 83.8 Å². The smallest absolute Gasteiger partial charge is 0.259 e. The summed E-state index contributed by atoms with van der Waals surface area (Å²) < 4.78 is 5.63. The molecule has 13 heteroatoms. The van der Waals surface area contributed by atoms with Gasteiger partial charge in [0.2, 0.25) is 0 Å². The number of hydrogen-bond acceptors (Lipinski definition) is 5. The van der Waals surface area contributed by atoms with E-state index in [9.17, 15) is 9.59 Å². The van der Waals surface area contributed by atoms with Gasteiger partial charge in [0.25, 0.3) is 11.8 Å². The predicted molar refractivity (Wildman–Crippen MR) is 163 cm³/mol. The highest BCUT2D eigenvalue weighted by molar-refractivity contribution is 6.42. The molecule has 0 N–H and O–H groups in total. The highest BCUT2D eigenvalue weighted by Gasteiger charge is 2.21. The minimum absolute atomic E-state index is 0. The molecule has 0 atom stereocenters. The van der Waals surface area contributed by atoms with Gasteiger partial charge in [0.1, 0.15) is 5.75 Å². The molecule has 0 aliphatic carbocycles. The van der Waals surface area contributed by atoms with Crippen molar-refractivity contribution in [1.82, 2.24) is 19.6 Å². The van der Waals surface area contributed by atoms with Crippen LogP contribution >= 0.6 is 72.0 Å². The van der Waals surface area contributed by atoms with E-state index in [4.69, 9.17) is 39.5 Å². The molecule has 2 aromatic carbocycles. The first-order valence-corrected chi connectivity index (χ1v) is 12.5. The second-order valence-corrected chi connectivity index (χ2v) is 10.1. The average Bonchev–Trinajstić information content (AvgIpc) is 2.83. The van der Waals surface area contributed by atoms with E-state index in [1.165, 1.54) is 4.90 Å². The van der Waals surface area contributed by atoms with Crippen LogP contribution in [0.2, 0.25) is 15.1 Å². The molecule has 2 amide bonds. The highest BCUT2D eigenvalue weighted by Crippen LogP contribution is 2.25. The molecule has 3 rings (SSSR count). The Hall–Kier alpha value is -1.16. The van der Waals surface area contributed by atoms with Crippen molar-refractivity contribution in [1.29, 1.82) is 0 Å². The van der Waals surface area contributed by atoms with Crippen LogP contribution in [0.1, 0.15) is 15.9 Å². The quantitative estimate of drug-likeness (QED) is 0.370. The molecule has 1 fully saturated rings. The molecule has 38 heavy (non-hydrogen) atoms. The van der Waals surface area contributed by atoms with Crippen LogP contribution < -0.4 is 4.74 Å². The van der Waals surface area contributed by atoms with Crippen molar-refractivity contribution in [2.45, 2.75) is 6.54 Å².